The zero-order valence-electron chi connectivity index (χ0n) is 5.86. The molecule has 0 aliphatic heterocycles. The first-order chi connectivity index (χ1) is 5.05. The van der Waals surface area contributed by atoms with E-state index in [2.05, 4.69) is 4.85 Å². The maximum Gasteiger partial charge on any atom is 0.466 e. The highest BCUT2D eigenvalue weighted by Crippen LogP contribution is 2.39. The quantitative estimate of drug-likeness (QED) is 0.523. The highest BCUT2D eigenvalue weighted by molar-refractivity contribution is 4.95. The van der Waals surface area contributed by atoms with Gasteiger partial charge >= 0.3 is 12.2 Å². The highest BCUT2D eigenvalue weighted by Gasteiger charge is 2.52. The molecular formula is C7H8F3N. The van der Waals surface area contributed by atoms with Crippen LogP contribution in [0.2, 0.25) is 0 Å². The number of halogens is 3. The molecule has 1 fully saturated rings. The molecule has 1 aliphatic rings. The van der Waals surface area contributed by atoms with Crippen molar-refractivity contribution in [3.63, 3.8) is 0 Å². The van der Waals surface area contributed by atoms with Crippen molar-refractivity contribution >= 4 is 0 Å². The SMILES string of the molecule is [C-]#[N+]C(C1CCC1)C(F)(F)F. The molecule has 0 bridgehead atoms. The number of alkyl halides is 3. The average molecular weight is 163 g/mol. The Morgan fingerprint density at radius 3 is 2.00 bits per heavy atom. The molecule has 1 atom stereocenters. The maximum absolute atomic E-state index is 12.0. The molecule has 1 aliphatic carbocycles. The second kappa shape index (κ2) is 2.72. The number of rotatable bonds is 1. The predicted octanol–water partition coefficient (Wildman–Crippen LogP) is 2.64. The van der Waals surface area contributed by atoms with Gasteiger partial charge in [-0.05, 0) is 12.8 Å². The van der Waals surface area contributed by atoms with Gasteiger partial charge in [-0.1, -0.05) is 6.42 Å². The first-order valence-electron chi connectivity index (χ1n) is 3.49. The lowest BCUT2D eigenvalue weighted by molar-refractivity contribution is -0.154. The van der Waals surface area contributed by atoms with Crippen LogP contribution in [-0.2, 0) is 0 Å². The topological polar surface area (TPSA) is 4.36 Å². The highest BCUT2D eigenvalue weighted by atomic mass is 19.4. The smallest absolute Gasteiger partial charge is 0.303 e. The monoisotopic (exact) mass is 163 g/mol. The molecule has 0 N–H and O–H groups in total. The molecule has 1 saturated carbocycles. The van der Waals surface area contributed by atoms with Gasteiger partial charge in [0.05, 0.1) is 0 Å². The largest absolute Gasteiger partial charge is 0.466 e. The van der Waals surface area contributed by atoms with Crippen molar-refractivity contribution in [2.45, 2.75) is 31.5 Å². The third-order valence-corrected chi connectivity index (χ3v) is 2.07. The minimum atomic E-state index is -4.31. The van der Waals surface area contributed by atoms with Crippen molar-refractivity contribution < 1.29 is 13.2 Å². The van der Waals surface area contributed by atoms with Crippen molar-refractivity contribution in [1.29, 1.82) is 0 Å². The Morgan fingerprint density at radius 1 is 1.36 bits per heavy atom. The lowest BCUT2D eigenvalue weighted by Crippen LogP contribution is -2.36. The standard InChI is InChI=1S/C7H8F3N/c1-11-6(7(8,9)10)5-3-2-4-5/h5-6H,2-4H2. The molecule has 0 aromatic rings. The van der Waals surface area contributed by atoms with Gasteiger partial charge in [-0.2, -0.15) is 13.2 Å². The first-order valence-corrected chi connectivity index (χ1v) is 3.49. The van der Waals surface area contributed by atoms with E-state index in [-0.39, 0.29) is 0 Å². The van der Waals surface area contributed by atoms with Gasteiger partial charge < -0.3 is 4.85 Å². The second-order valence-corrected chi connectivity index (χ2v) is 2.81. The molecule has 0 heterocycles. The number of hydrogen-bond acceptors (Lipinski definition) is 0. The van der Waals surface area contributed by atoms with Crippen LogP contribution in [0.25, 0.3) is 4.85 Å². The van der Waals surface area contributed by atoms with Gasteiger partial charge in [0.15, 0.2) is 0 Å². The first kappa shape index (κ1) is 8.38. The average Bonchev–Trinajstić information content (AvgIpc) is 1.74. The lowest BCUT2D eigenvalue weighted by atomic mass is 9.80. The van der Waals surface area contributed by atoms with Gasteiger partial charge in [-0.3, -0.25) is 0 Å². The Labute approximate surface area is 63.0 Å². The fourth-order valence-corrected chi connectivity index (χ4v) is 1.20. The van der Waals surface area contributed by atoms with Crippen LogP contribution in [0.4, 0.5) is 13.2 Å². The van der Waals surface area contributed by atoms with Gasteiger partial charge in [-0.15, -0.1) is 0 Å². The van der Waals surface area contributed by atoms with Crippen LogP contribution in [0.1, 0.15) is 19.3 Å². The Morgan fingerprint density at radius 2 is 1.91 bits per heavy atom. The lowest BCUT2D eigenvalue weighted by Gasteiger charge is -2.26. The van der Waals surface area contributed by atoms with Crippen LogP contribution >= 0.6 is 0 Å². The van der Waals surface area contributed by atoms with E-state index in [1.54, 1.807) is 0 Å². The zero-order valence-corrected chi connectivity index (χ0v) is 5.86. The summed E-state index contributed by atoms with van der Waals surface area (Å²) in [6, 6.07) is -1.74. The summed E-state index contributed by atoms with van der Waals surface area (Å²) in [7, 11) is 0. The van der Waals surface area contributed by atoms with Crippen LogP contribution < -0.4 is 0 Å². The van der Waals surface area contributed by atoms with Gasteiger partial charge in [0, 0.05) is 5.92 Å². The fourth-order valence-electron chi connectivity index (χ4n) is 1.20. The summed E-state index contributed by atoms with van der Waals surface area (Å²) < 4.78 is 35.9. The maximum atomic E-state index is 12.0. The summed E-state index contributed by atoms with van der Waals surface area (Å²) >= 11 is 0. The van der Waals surface area contributed by atoms with Crippen LogP contribution in [0.3, 0.4) is 0 Å². The van der Waals surface area contributed by atoms with Crippen molar-refractivity contribution in [1.82, 2.24) is 0 Å². The van der Waals surface area contributed by atoms with Crippen molar-refractivity contribution in [3.8, 4) is 0 Å². The molecule has 0 aromatic carbocycles. The summed E-state index contributed by atoms with van der Waals surface area (Å²) in [5.74, 6) is -0.424. The summed E-state index contributed by atoms with van der Waals surface area (Å²) in [5, 5.41) is 0. The van der Waals surface area contributed by atoms with Gasteiger partial charge in [0.2, 0.25) is 0 Å². The molecule has 11 heavy (non-hydrogen) atoms. The Balaban J connectivity index is 2.57. The zero-order chi connectivity index (χ0) is 8.48. The van der Waals surface area contributed by atoms with E-state index in [9.17, 15) is 13.2 Å². The fraction of sp³-hybridized carbons (Fsp3) is 0.857. The molecule has 0 saturated heterocycles. The molecule has 0 radical (unpaired) electrons. The van der Waals surface area contributed by atoms with Crippen LogP contribution in [0, 0.1) is 12.5 Å². The molecule has 0 aromatic heterocycles. The van der Waals surface area contributed by atoms with Crippen LogP contribution in [0.15, 0.2) is 0 Å². The summed E-state index contributed by atoms with van der Waals surface area (Å²) in [5.41, 5.74) is 0. The molecule has 0 spiro atoms. The summed E-state index contributed by atoms with van der Waals surface area (Å²) in [6.45, 7) is 6.39. The van der Waals surface area contributed by atoms with E-state index >= 15 is 0 Å². The Bertz CT molecular complexity index is 175. The molecule has 0 amide bonds. The van der Waals surface area contributed by atoms with E-state index in [0.29, 0.717) is 12.8 Å². The van der Waals surface area contributed by atoms with E-state index in [4.69, 9.17) is 6.57 Å². The van der Waals surface area contributed by atoms with Gasteiger partial charge in [0.25, 0.3) is 0 Å². The number of hydrogen-bond donors (Lipinski definition) is 0. The van der Waals surface area contributed by atoms with Gasteiger partial charge in [0.1, 0.15) is 0 Å². The summed E-state index contributed by atoms with van der Waals surface area (Å²) in [6.07, 6.45) is -2.35. The van der Waals surface area contributed by atoms with Crippen molar-refractivity contribution in [3.05, 3.63) is 11.4 Å². The van der Waals surface area contributed by atoms with Crippen LogP contribution in [0.5, 0.6) is 0 Å². The third-order valence-electron chi connectivity index (χ3n) is 2.07. The normalized spacial score (nSPS) is 22.0. The molecule has 1 unspecified atom stereocenters. The van der Waals surface area contributed by atoms with Crippen molar-refractivity contribution in [2.75, 3.05) is 0 Å². The molecule has 62 valence electrons. The molecule has 1 rings (SSSR count). The van der Waals surface area contributed by atoms with E-state index in [1.165, 1.54) is 0 Å². The third kappa shape index (κ3) is 1.65. The van der Waals surface area contributed by atoms with E-state index in [0.717, 1.165) is 6.42 Å². The Kier molecular flexibility index (Phi) is 2.08. The summed E-state index contributed by atoms with van der Waals surface area (Å²) in [4.78, 5) is 2.61. The van der Waals surface area contributed by atoms with Crippen molar-refractivity contribution in [2.24, 2.45) is 5.92 Å². The molecular weight excluding hydrogens is 155 g/mol. The minimum absolute atomic E-state index is 0.424. The minimum Gasteiger partial charge on any atom is -0.303 e. The number of nitrogens with zero attached hydrogens (tertiary/aromatic N) is 1. The molecule has 4 heteroatoms. The van der Waals surface area contributed by atoms with Gasteiger partial charge in [-0.25, -0.2) is 6.57 Å². The van der Waals surface area contributed by atoms with E-state index in [1.807, 2.05) is 0 Å². The second-order valence-electron chi connectivity index (χ2n) is 2.81. The van der Waals surface area contributed by atoms with E-state index < -0.39 is 18.1 Å². The Hall–Kier alpha value is -0.720. The van der Waals surface area contributed by atoms with Crippen LogP contribution in [-0.4, -0.2) is 12.2 Å². The molecule has 1 nitrogen and oxygen atoms in total. The predicted molar refractivity (Wildman–Crippen MR) is 33.8 cm³/mol.